The van der Waals surface area contributed by atoms with Crippen LogP contribution in [0.3, 0.4) is 0 Å². The van der Waals surface area contributed by atoms with Gasteiger partial charge in [-0.25, -0.2) is 4.98 Å². The Morgan fingerprint density at radius 3 is 2.84 bits per heavy atom. The van der Waals surface area contributed by atoms with Crippen LogP contribution in [-0.4, -0.2) is 21.2 Å². The minimum atomic E-state index is -1.51. The van der Waals surface area contributed by atoms with Gasteiger partial charge in [-0.05, 0) is 25.5 Å². The molecule has 7 heteroatoms. The van der Waals surface area contributed by atoms with E-state index in [-0.39, 0.29) is 11.3 Å². The highest BCUT2D eigenvalue weighted by Gasteiger charge is 2.33. The molecule has 0 aromatic carbocycles. The predicted molar refractivity (Wildman–Crippen MR) is 67.7 cm³/mol. The van der Waals surface area contributed by atoms with Crippen molar-refractivity contribution in [1.82, 2.24) is 10.1 Å². The molecule has 2 aromatic heterocycles. The average molecular weight is 282 g/mol. The number of carbonyl (C=O) groups is 1. The van der Waals surface area contributed by atoms with E-state index in [1.54, 1.807) is 13.0 Å². The Kier molecular flexibility index (Phi) is 3.30. The molecule has 0 saturated carbocycles. The first-order valence-corrected chi connectivity index (χ1v) is 5.81. The lowest BCUT2D eigenvalue weighted by Gasteiger charge is -2.22. The van der Waals surface area contributed by atoms with Crippen molar-refractivity contribution in [3.05, 3.63) is 46.1 Å². The average Bonchev–Trinajstić information content (AvgIpc) is 2.82. The Morgan fingerprint density at radius 2 is 2.26 bits per heavy atom. The molecule has 19 heavy (non-hydrogen) atoms. The van der Waals surface area contributed by atoms with Gasteiger partial charge in [0.1, 0.15) is 17.0 Å². The molecule has 0 radical (unpaired) electrons. The molecule has 0 aliphatic heterocycles. The maximum Gasteiger partial charge on any atom is 0.271 e. The Labute approximate surface area is 114 Å². The van der Waals surface area contributed by atoms with Gasteiger partial charge < -0.3 is 15.4 Å². The number of nitrogens with zero attached hydrogens (tertiary/aromatic N) is 2. The third-order valence-electron chi connectivity index (χ3n) is 2.90. The van der Waals surface area contributed by atoms with E-state index in [2.05, 4.69) is 10.1 Å². The second kappa shape index (κ2) is 4.64. The fourth-order valence-corrected chi connectivity index (χ4v) is 1.84. The van der Waals surface area contributed by atoms with E-state index in [4.69, 9.17) is 21.9 Å². The van der Waals surface area contributed by atoms with Crippen molar-refractivity contribution in [2.45, 2.75) is 19.4 Å². The summed E-state index contributed by atoms with van der Waals surface area (Å²) >= 11 is 5.84. The van der Waals surface area contributed by atoms with Gasteiger partial charge in [0.05, 0.1) is 5.56 Å². The minimum absolute atomic E-state index is 0.113. The minimum Gasteiger partial charge on any atom is -0.380 e. The third-order valence-corrected chi connectivity index (χ3v) is 3.30. The quantitative estimate of drug-likeness (QED) is 0.828. The predicted octanol–water partition coefficient (Wildman–Crippen LogP) is 1.39. The second-order valence-electron chi connectivity index (χ2n) is 4.34. The van der Waals surface area contributed by atoms with Crippen LogP contribution in [0.25, 0.3) is 0 Å². The Morgan fingerprint density at radius 1 is 1.58 bits per heavy atom. The zero-order chi connectivity index (χ0) is 14.2. The van der Waals surface area contributed by atoms with Crippen LogP contribution in [0.2, 0.25) is 5.15 Å². The first-order valence-electron chi connectivity index (χ1n) is 5.43. The lowest BCUT2D eigenvalue weighted by Crippen LogP contribution is -2.27. The Bertz CT molecular complexity index is 637. The second-order valence-corrected chi connectivity index (χ2v) is 4.70. The molecule has 0 aliphatic rings. The number of rotatable bonds is 3. The third kappa shape index (κ3) is 2.32. The first kappa shape index (κ1) is 13.5. The normalized spacial score (nSPS) is 14.1. The van der Waals surface area contributed by atoms with Crippen molar-refractivity contribution in [2.75, 3.05) is 0 Å². The van der Waals surface area contributed by atoms with E-state index in [1.165, 1.54) is 19.4 Å². The molecule has 1 atom stereocenters. The number of carbonyl (C=O) groups excluding carboxylic acids is 1. The van der Waals surface area contributed by atoms with E-state index in [1.807, 2.05) is 0 Å². The van der Waals surface area contributed by atoms with Crippen molar-refractivity contribution in [3.8, 4) is 0 Å². The van der Waals surface area contributed by atoms with Crippen molar-refractivity contribution in [2.24, 2.45) is 5.73 Å². The highest BCUT2D eigenvalue weighted by Crippen LogP contribution is 2.32. The number of primary amides is 1. The summed E-state index contributed by atoms with van der Waals surface area (Å²) in [4.78, 5) is 15.2. The van der Waals surface area contributed by atoms with Gasteiger partial charge in [0, 0.05) is 11.8 Å². The Balaban J connectivity index is 2.54. The SMILES string of the molecule is Cc1cc([C@](C)(O)c2conc2C(N)=O)cnc1Cl. The molecule has 0 fully saturated rings. The lowest BCUT2D eigenvalue weighted by molar-refractivity contribution is 0.0920. The van der Waals surface area contributed by atoms with Gasteiger partial charge in [0.15, 0.2) is 5.69 Å². The standard InChI is InChI=1S/C12H12ClN3O3/c1-6-3-7(4-15-10(6)13)12(2,18)8-5-19-16-9(8)11(14)17/h3-5,18H,1-2H3,(H2,14,17)/t12-/m0/s1. The van der Waals surface area contributed by atoms with Crippen molar-refractivity contribution < 1.29 is 14.4 Å². The summed E-state index contributed by atoms with van der Waals surface area (Å²) in [6.45, 7) is 3.26. The molecule has 100 valence electrons. The highest BCUT2D eigenvalue weighted by atomic mass is 35.5. The van der Waals surface area contributed by atoms with Crippen LogP contribution in [-0.2, 0) is 5.60 Å². The van der Waals surface area contributed by atoms with E-state index >= 15 is 0 Å². The van der Waals surface area contributed by atoms with Crippen molar-refractivity contribution >= 4 is 17.5 Å². The van der Waals surface area contributed by atoms with Gasteiger partial charge in [0.25, 0.3) is 5.91 Å². The Hall–Kier alpha value is -1.92. The summed E-state index contributed by atoms with van der Waals surface area (Å²) in [6, 6.07) is 1.67. The number of aryl methyl sites for hydroxylation is 1. The molecule has 1 amide bonds. The summed E-state index contributed by atoms with van der Waals surface area (Å²) in [7, 11) is 0. The zero-order valence-corrected chi connectivity index (χ0v) is 11.1. The molecule has 2 aromatic rings. The van der Waals surface area contributed by atoms with Crippen LogP contribution >= 0.6 is 11.6 Å². The van der Waals surface area contributed by atoms with Gasteiger partial charge in [0.2, 0.25) is 0 Å². The number of nitrogens with two attached hydrogens (primary N) is 1. The highest BCUT2D eigenvalue weighted by molar-refractivity contribution is 6.30. The fourth-order valence-electron chi connectivity index (χ4n) is 1.74. The van der Waals surface area contributed by atoms with Crippen LogP contribution in [0.5, 0.6) is 0 Å². The fraction of sp³-hybridized carbons (Fsp3) is 0.250. The number of pyridine rings is 1. The van der Waals surface area contributed by atoms with E-state index in [0.717, 1.165) is 0 Å². The van der Waals surface area contributed by atoms with E-state index < -0.39 is 11.5 Å². The molecule has 0 bridgehead atoms. The van der Waals surface area contributed by atoms with Gasteiger partial charge in [-0.3, -0.25) is 4.79 Å². The van der Waals surface area contributed by atoms with Crippen LogP contribution in [0.15, 0.2) is 23.0 Å². The molecule has 0 spiro atoms. The molecule has 3 N–H and O–H groups in total. The van der Waals surface area contributed by atoms with Gasteiger partial charge in [-0.2, -0.15) is 0 Å². The first-order chi connectivity index (χ1) is 8.84. The van der Waals surface area contributed by atoms with Gasteiger partial charge >= 0.3 is 0 Å². The summed E-state index contributed by atoms with van der Waals surface area (Å²) in [5.74, 6) is -0.775. The summed E-state index contributed by atoms with van der Waals surface area (Å²) in [6.07, 6.45) is 2.61. The lowest BCUT2D eigenvalue weighted by atomic mass is 9.89. The van der Waals surface area contributed by atoms with Crippen LogP contribution in [0.1, 0.15) is 34.1 Å². The van der Waals surface area contributed by atoms with Crippen LogP contribution in [0.4, 0.5) is 0 Å². The van der Waals surface area contributed by atoms with Crippen molar-refractivity contribution in [1.29, 1.82) is 0 Å². The molecule has 0 aliphatic carbocycles. The zero-order valence-electron chi connectivity index (χ0n) is 10.3. The van der Waals surface area contributed by atoms with Crippen LogP contribution in [0, 0.1) is 6.92 Å². The molecule has 6 nitrogen and oxygen atoms in total. The van der Waals surface area contributed by atoms with E-state index in [9.17, 15) is 9.90 Å². The number of aliphatic hydroxyl groups is 1. The monoisotopic (exact) mass is 281 g/mol. The molecule has 2 rings (SSSR count). The van der Waals surface area contributed by atoms with Gasteiger partial charge in [-0.15, -0.1) is 0 Å². The molecule has 0 saturated heterocycles. The number of hydrogen-bond acceptors (Lipinski definition) is 5. The van der Waals surface area contributed by atoms with Gasteiger partial charge in [-0.1, -0.05) is 16.8 Å². The number of amides is 1. The molecular weight excluding hydrogens is 270 g/mol. The van der Waals surface area contributed by atoms with Crippen molar-refractivity contribution in [3.63, 3.8) is 0 Å². The molecule has 2 heterocycles. The molecular formula is C12H12ClN3O3. The maximum absolute atomic E-state index is 11.2. The van der Waals surface area contributed by atoms with Crippen LogP contribution < -0.4 is 5.73 Å². The summed E-state index contributed by atoms with van der Waals surface area (Å²) in [5.41, 5.74) is 4.91. The number of halogens is 1. The smallest absolute Gasteiger partial charge is 0.271 e. The van der Waals surface area contributed by atoms with E-state index in [0.29, 0.717) is 16.3 Å². The molecule has 0 unspecified atom stereocenters. The number of aromatic nitrogens is 2. The summed E-state index contributed by atoms with van der Waals surface area (Å²) < 4.78 is 4.71. The largest absolute Gasteiger partial charge is 0.380 e. The summed E-state index contributed by atoms with van der Waals surface area (Å²) in [5, 5.41) is 14.4. The maximum atomic E-state index is 11.2. The topological polar surface area (TPSA) is 102 Å². The number of hydrogen-bond donors (Lipinski definition) is 2.